The van der Waals surface area contributed by atoms with Crippen molar-refractivity contribution in [1.82, 2.24) is 0 Å². The smallest absolute Gasteiger partial charge is 0.304 e. The second kappa shape index (κ2) is 11.0. The molecule has 0 spiro atoms. The van der Waals surface area contributed by atoms with Crippen LogP contribution in [0.5, 0.6) is 0 Å². The maximum absolute atomic E-state index is 9.55. The number of thiol groups is 1. The van der Waals surface area contributed by atoms with Crippen molar-refractivity contribution < 1.29 is 9.90 Å². The van der Waals surface area contributed by atoms with Gasteiger partial charge in [0.1, 0.15) is 0 Å². The molecule has 0 unspecified atom stereocenters. The van der Waals surface area contributed by atoms with Crippen LogP contribution < -0.4 is 0 Å². The molecule has 0 rings (SSSR count). The topological polar surface area (TPSA) is 37.3 Å². The van der Waals surface area contributed by atoms with Gasteiger partial charge < -0.3 is 5.11 Å². The van der Waals surface area contributed by atoms with Gasteiger partial charge in [0.05, 0.1) is 6.42 Å². The fraction of sp³-hybridized carbons (Fsp3) is 0.300. The van der Waals surface area contributed by atoms with E-state index in [-0.39, 0.29) is 6.42 Å². The number of carboxylic acids is 1. The van der Waals surface area contributed by atoms with Crippen LogP contribution in [0.3, 0.4) is 0 Å². The molecule has 74 valence electrons. The van der Waals surface area contributed by atoms with E-state index in [0.29, 0.717) is 5.75 Å². The Morgan fingerprint density at radius 1 is 1.54 bits per heavy atom. The SMILES string of the molecule is C=C/C=C(/C)C=C.O=C(O)CCS. The average molecular weight is 200 g/mol. The van der Waals surface area contributed by atoms with Gasteiger partial charge in [-0.2, -0.15) is 12.6 Å². The Balaban J connectivity index is 0. The molecule has 0 radical (unpaired) electrons. The molecule has 0 aromatic rings. The number of rotatable bonds is 4. The maximum atomic E-state index is 9.55. The van der Waals surface area contributed by atoms with E-state index in [9.17, 15) is 4.79 Å². The number of carbonyl (C=O) groups is 1. The minimum absolute atomic E-state index is 0.156. The number of aliphatic carboxylic acids is 1. The van der Waals surface area contributed by atoms with E-state index in [2.05, 4.69) is 25.8 Å². The van der Waals surface area contributed by atoms with Crippen molar-refractivity contribution >= 4 is 18.6 Å². The lowest BCUT2D eigenvalue weighted by Gasteiger charge is -1.80. The zero-order valence-electron chi connectivity index (χ0n) is 7.86. The van der Waals surface area contributed by atoms with Gasteiger partial charge in [0.2, 0.25) is 0 Å². The van der Waals surface area contributed by atoms with E-state index in [1.54, 1.807) is 12.2 Å². The largest absolute Gasteiger partial charge is 0.481 e. The van der Waals surface area contributed by atoms with Crippen molar-refractivity contribution in [2.24, 2.45) is 0 Å². The summed E-state index contributed by atoms with van der Waals surface area (Å²) in [5.41, 5.74) is 1.15. The van der Waals surface area contributed by atoms with E-state index >= 15 is 0 Å². The first-order valence-electron chi connectivity index (χ1n) is 3.82. The van der Waals surface area contributed by atoms with Gasteiger partial charge in [-0.05, 0) is 6.92 Å². The van der Waals surface area contributed by atoms with Crippen LogP contribution in [-0.4, -0.2) is 16.8 Å². The molecular formula is C10H16O2S. The van der Waals surface area contributed by atoms with Crippen LogP contribution >= 0.6 is 12.6 Å². The molecule has 0 aromatic carbocycles. The van der Waals surface area contributed by atoms with Crippen molar-refractivity contribution in [2.45, 2.75) is 13.3 Å². The summed E-state index contributed by atoms with van der Waals surface area (Å²) < 4.78 is 0. The second-order valence-corrected chi connectivity index (χ2v) is 2.67. The second-order valence-electron chi connectivity index (χ2n) is 2.22. The van der Waals surface area contributed by atoms with E-state index in [4.69, 9.17) is 5.11 Å². The van der Waals surface area contributed by atoms with Gasteiger partial charge in [0, 0.05) is 5.75 Å². The molecule has 0 heterocycles. The van der Waals surface area contributed by atoms with Gasteiger partial charge in [0.15, 0.2) is 0 Å². The van der Waals surface area contributed by atoms with E-state index in [1.807, 2.05) is 13.0 Å². The molecule has 0 atom stereocenters. The summed E-state index contributed by atoms with van der Waals surface area (Å²) in [5, 5.41) is 7.86. The molecule has 0 aliphatic rings. The maximum Gasteiger partial charge on any atom is 0.304 e. The normalized spacial score (nSPS) is 9.54. The van der Waals surface area contributed by atoms with Gasteiger partial charge in [0.25, 0.3) is 0 Å². The van der Waals surface area contributed by atoms with Crippen molar-refractivity contribution in [1.29, 1.82) is 0 Å². The fourth-order valence-corrected chi connectivity index (χ4v) is 0.541. The van der Waals surface area contributed by atoms with Gasteiger partial charge >= 0.3 is 5.97 Å². The first-order valence-corrected chi connectivity index (χ1v) is 4.46. The van der Waals surface area contributed by atoms with Crippen LogP contribution in [-0.2, 0) is 4.79 Å². The molecule has 0 aliphatic heterocycles. The Kier molecular flexibility index (Phi) is 12.4. The van der Waals surface area contributed by atoms with Crippen LogP contribution in [0.4, 0.5) is 0 Å². The summed E-state index contributed by atoms with van der Waals surface area (Å²) >= 11 is 3.68. The predicted molar refractivity (Wildman–Crippen MR) is 60.3 cm³/mol. The van der Waals surface area contributed by atoms with Gasteiger partial charge in [-0.3, -0.25) is 4.79 Å². The lowest BCUT2D eigenvalue weighted by Crippen LogP contribution is -1.93. The lowest BCUT2D eigenvalue weighted by molar-refractivity contribution is -0.136. The summed E-state index contributed by atoms with van der Waals surface area (Å²) in [6, 6.07) is 0. The Morgan fingerprint density at radius 2 is 2.08 bits per heavy atom. The molecule has 3 heteroatoms. The molecule has 0 aromatic heterocycles. The summed E-state index contributed by atoms with van der Waals surface area (Å²) in [7, 11) is 0. The Bertz CT molecular complexity index is 195. The monoisotopic (exact) mass is 200 g/mol. The van der Waals surface area contributed by atoms with Gasteiger partial charge in [-0.1, -0.05) is 37.0 Å². The number of carboxylic acid groups (broad SMARTS) is 1. The van der Waals surface area contributed by atoms with Crippen LogP contribution in [0.25, 0.3) is 0 Å². The molecule has 0 aliphatic carbocycles. The summed E-state index contributed by atoms with van der Waals surface area (Å²) in [6.45, 7) is 9.07. The molecule has 0 bridgehead atoms. The highest BCUT2D eigenvalue weighted by atomic mass is 32.1. The highest BCUT2D eigenvalue weighted by Crippen LogP contribution is 1.90. The van der Waals surface area contributed by atoms with Crippen molar-refractivity contribution in [3.05, 3.63) is 37.0 Å². The van der Waals surface area contributed by atoms with Crippen molar-refractivity contribution in [2.75, 3.05) is 5.75 Å². The molecule has 0 saturated heterocycles. The Labute approximate surface area is 85.1 Å². The highest BCUT2D eigenvalue weighted by molar-refractivity contribution is 7.80. The van der Waals surface area contributed by atoms with Crippen LogP contribution in [0.2, 0.25) is 0 Å². The molecule has 13 heavy (non-hydrogen) atoms. The molecule has 2 nitrogen and oxygen atoms in total. The van der Waals surface area contributed by atoms with Crippen LogP contribution in [0.15, 0.2) is 37.0 Å². The van der Waals surface area contributed by atoms with Crippen LogP contribution in [0.1, 0.15) is 13.3 Å². The molecule has 0 amide bonds. The van der Waals surface area contributed by atoms with Crippen LogP contribution in [0, 0.1) is 0 Å². The third-order valence-electron chi connectivity index (χ3n) is 1.03. The van der Waals surface area contributed by atoms with E-state index in [1.165, 1.54) is 0 Å². The third kappa shape index (κ3) is 18.2. The molecule has 0 saturated carbocycles. The first kappa shape index (κ1) is 14.6. The van der Waals surface area contributed by atoms with Gasteiger partial charge in [-0.15, -0.1) is 0 Å². The Morgan fingerprint density at radius 3 is 2.15 bits per heavy atom. The van der Waals surface area contributed by atoms with Crippen molar-refractivity contribution in [3.8, 4) is 0 Å². The summed E-state index contributed by atoms with van der Waals surface area (Å²) in [4.78, 5) is 9.55. The van der Waals surface area contributed by atoms with E-state index < -0.39 is 5.97 Å². The first-order chi connectivity index (χ1) is 6.08. The summed E-state index contributed by atoms with van der Waals surface area (Å²) in [5.74, 6) is -0.361. The zero-order valence-corrected chi connectivity index (χ0v) is 8.76. The number of hydrogen-bond donors (Lipinski definition) is 2. The molecular weight excluding hydrogens is 184 g/mol. The van der Waals surface area contributed by atoms with Gasteiger partial charge in [-0.25, -0.2) is 0 Å². The standard InChI is InChI=1S/C7H10.C3H6O2S/c1-4-6-7(3)5-2;4-3(5)1-2-6/h4-6H,1-2H2,3H3;6H,1-2H2,(H,4,5)/b7-6-;. The number of allylic oxidation sites excluding steroid dienone is 4. The lowest BCUT2D eigenvalue weighted by atomic mass is 10.3. The highest BCUT2D eigenvalue weighted by Gasteiger charge is 1.88. The Hall–Kier alpha value is -0.960. The third-order valence-corrected chi connectivity index (χ3v) is 1.25. The van der Waals surface area contributed by atoms with Crippen molar-refractivity contribution in [3.63, 3.8) is 0 Å². The predicted octanol–water partition coefficient (Wildman–Crippen LogP) is 2.70. The average Bonchev–Trinajstić information content (AvgIpc) is 2.05. The minimum Gasteiger partial charge on any atom is -0.481 e. The molecule has 1 N–H and O–H groups in total. The zero-order chi connectivity index (χ0) is 10.7. The molecule has 0 fully saturated rings. The minimum atomic E-state index is -0.787. The van der Waals surface area contributed by atoms with E-state index in [0.717, 1.165) is 5.57 Å². The number of hydrogen-bond acceptors (Lipinski definition) is 2. The summed E-state index contributed by atoms with van der Waals surface area (Å²) in [6.07, 6.45) is 5.61. The fourth-order valence-electron chi connectivity index (χ4n) is 0.350. The quantitative estimate of drug-likeness (QED) is 0.541.